The molecule has 2 heteroatoms. The Morgan fingerprint density at radius 2 is 0.840 bits per heavy atom. The molecule has 0 spiro atoms. The molecule has 0 bridgehead atoms. The molecule has 0 unspecified atom stereocenters. The number of aromatic nitrogens is 2. The Hall–Kier alpha value is -6.64. The normalized spacial score (nSPS) is 11.6. The maximum Gasteiger partial charge on any atom is 0.160 e. The molecule has 0 fully saturated rings. The fraction of sp³-hybridized carbons (Fsp3) is 0. The monoisotopic (exact) mass is 634 g/mol. The van der Waals surface area contributed by atoms with E-state index in [0.29, 0.717) is 0 Å². The lowest BCUT2D eigenvalue weighted by atomic mass is 9.89. The van der Waals surface area contributed by atoms with Crippen molar-refractivity contribution < 1.29 is 0 Å². The lowest BCUT2D eigenvalue weighted by Crippen LogP contribution is -1.96. The third-order valence-electron chi connectivity index (χ3n) is 10.1. The van der Waals surface area contributed by atoms with E-state index in [1.807, 2.05) is 18.2 Å². The van der Waals surface area contributed by atoms with E-state index in [1.54, 1.807) is 0 Å². The van der Waals surface area contributed by atoms with Crippen molar-refractivity contribution in [2.45, 2.75) is 0 Å². The minimum atomic E-state index is 0.720. The Labute approximate surface area is 290 Å². The molecule has 1 aromatic heterocycles. The molecule has 0 aliphatic heterocycles. The fourth-order valence-electron chi connectivity index (χ4n) is 7.56. The van der Waals surface area contributed by atoms with E-state index in [1.165, 1.54) is 65.3 Å². The van der Waals surface area contributed by atoms with Gasteiger partial charge in [-0.2, -0.15) is 0 Å². The fourth-order valence-corrected chi connectivity index (χ4v) is 7.56. The summed E-state index contributed by atoms with van der Waals surface area (Å²) in [6.45, 7) is 0. The van der Waals surface area contributed by atoms with Crippen LogP contribution in [0.15, 0.2) is 182 Å². The topological polar surface area (TPSA) is 25.8 Å². The second kappa shape index (κ2) is 11.5. The van der Waals surface area contributed by atoms with Gasteiger partial charge in [0.2, 0.25) is 0 Å². The van der Waals surface area contributed by atoms with E-state index in [-0.39, 0.29) is 0 Å². The van der Waals surface area contributed by atoms with Crippen LogP contribution in [0.4, 0.5) is 0 Å². The predicted octanol–water partition coefficient (Wildman–Crippen LogP) is 12.9. The van der Waals surface area contributed by atoms with Crippen LogP contribution in [0.25, 0.3) is 99.2 Å². The minimum Gasteiger partial charge on any atom is -0.228 e. The summed E-state index contributed by atoms with van der Waals surface area (Å²) in [6.07, 6.45) is 0. The van der Waals surface area contributed by atoms with Crippen molar-refractivity contribution in [2.24, 2.45) is 0 Å². The molecule has 10 aromatic rings. The number of hydrogen-bond donors (Lipinski definition) is 0. The van der Waals surface area contributed by atoms with Crippen molar-refractivity contribution in [3.8, 4) is 56.2 Å². The maximum atomic E-state index is 5.08. The lowest BCUT2D eigenvalue weighted by molar-refractivity contribution is 1.18. The number of nitrogens with zero attached hydrogens (tertiary/aromatic N) is 2. The Kier molecular flexibility index (Phi) is 6.53. The molecule has 0 amide bonds. The van der Waals surface area contributed by atoms with Gasteiger partial charge in [0.25, 0.3) is 0 Å². The van der Waals surface area contributed by atoms with Crippen molar-refractivity contribution in [1.82, 2.24) is 9.97 Å². The van der Waals surface area contributed by atoms with Gasteiger partial charge in [0.05, 0.1) is 11.4 Å². The molecule has 0 radical (unpaired) electrons. The van der Waals surface area contributed by atoms with Gasteiger partial charge in [0.15, 0.2) is 5.82 Å². The average molecular weight is 635 g/mol. The third kappa shape index (κ3) is 4.73. The van der Waals surface area contributed by atoms with Crippen molar-refractivity contribution >= 4 is 43.1 Å². The molecule has 0 aliphatic rings. The van der Waals surface area contributed by atoms with Crippen LogP contribution < -0.4 is 0 Å². The van der Waals surface area contributed by atoms with Gasteiger partial charge in [-0.1, -0.05) is 176 Å². The van der Waals surface area contributed by atoms with Gasteiger partial charge in [-0.25, -0.2) is 9.97 Å². The zero-order valence-electron chi connectivity index (χ0n) is 27.2. The van der Waals surface area contributed by atoms with E-state index in [2.05, 4.69) is 164 Å². The molecule has 0 aliphatic carbocycles. The highest BCUT2D eigenvalue weighted by Gasteiger charge is 2.14. The average Bonchev–Trinajstić information content (AvgIpc) is 3.20. The van der Waals surface area contributed by atoms with Crippen molar-refractivity contribution in [3.05, 3.63) is 182 Å². The van der Waals surface area contributed by atoms with E-state index < -0.39 is 0 Å². The van der Waals surface area contributed by atoms with E-state index in [0.717, 1.165) is 33.9 Å². The molecule has 10 rings (SSSR count). The number of rotatable bonds is 5. The molecule has 9 aromatic carbocycles. The summed E-state index contributed by atoms with van der Waals surface area (Å²) in [4.78, 5) is 10.2. The lowest BCUT2D eigenvalue weighted by Gasteiger charge is -2.14. The zero-order valence-corrected chi connectivity index (χ0v) is 27.2. The zero-order chi connectivity index (χ0) is 33.0. The van der Waals surface area contributed by atoms with Gasteiger partial charge in [0.1, 0.15) is 0 Å². The number of fused-ring (bicyclic) bond motifs is 1. The van der Waals surface area contributed by atoms with Crippen molar-refractivity contribution in [1.29, 1.82) is 0 Å². The summed E-state index contributed by atoms with van der Waals surface area (Å²) in [6, 6.07) is 65.1. The first-order valence-electron chi connectivity index (χ1n) is 17.1. The molecule has 0 saturated carbocycles. The molecule has 232 valence electrons. The highest BCUT2D eigenvalue weighted by Crippen LogP contribution is 2.40. The standard InChI is InChI=1S/C48H30N2/c1-2-9-39(10-3-1)48-49-44(30-45(50-48)42-15-7-11-33-8-4-5-14-40(33)42)35-22-18-32(19-23-35)31-16-20-34(21-17-31)41-28-26-38-25-24-36-12-6-13-37-27-29-43(41)47(38)46(36)37/h1-30H. The van der Waals surface area contributed by atoms with Crippen LogP contribution in [-0.2, 0) is 0 Å². The Balaban J connectivity index is 1.01. The quantitative estimate of drug-likeness (QED) is 0.176. The maximum absolute atomic E-state index is 5.08. The first-order chi connectivity index (χ1) is 24.8. The predicted molar refractivity (Wildman–Crippen MR) is 210 cm³/mol. The first kappa shape index (κ1) is 28.4. The summed E-state index contributed by atoms with van der Waals surface area (Å²) in [5.41, 5.74) is 9.80. The molecule has 0 saturated heterocycles. The minimum absolute atomic E-state index is 0.720. The van der Waals surface area contributed by atoms with Crippen LogP contribution in [0.3, 0.4) is 0 Å². The van der Waals surface area contributed by atoms with Crippen LogP contribution in [0.5, 0.6) is 0 Å². The van der Waals surface area contributed by atoms with Gasteiger partial charge in [0, 0.05) is 16.7 Å². The van der Waals surface area contributed by atoms with Crippen LogP contribution in [-0.4, -0.2) is 9.97 Å². The van der Waals surface area contributed by atoms with E-state index in [9.17, 15) is 0 Å². The van der Waals surface area contributed by atoms with Gasteiger partial charge >= 0.3 is 0 Å². The highest BCUT2D eigenvalue weighted by atomic mass is 14.9. The summed E-state index contributed by atoms with van der Waals surface area (Å²) >= 11 is 0. The summed E-state index contributed by atoms with van der Waals surface area (Å²) in [5, 5.41) is 10.2. The highest BCUT2D eigenvalue weighted by molar-refractivity contribution is 6.25. The van der Waals surface area contributed by atoms with E-state index in [4.69, 9.17) is 9.97 Å². The molecule has 0 N–H and O–H groups in total. The second-order valence-corrected chi connectivity index (χ2v) is 13.0. The van der Waals surface area contributed by atoms with Gasteiger partial charge in [-0.15, -0.1) is 0 Å². The number of hydrogen-bond acceptors (Lipinski definition) is 2. The second-order valence-electron chi connectivity index (χ2n) is 13.0. The SMILES string of the molecule is c1ccc(-c2nc(-c3ccc(-c4ccc(-c5ccc6ccc7cccc8ccc5c6c78)cc4)cc3)cc(-c3cccc4ccccc34)n2)cc1. The Morgan fingerprint density at radius 3 is 1.62 bits per heavy atom. The first-order valence-corrected chi connectivity index (χ1v) is 17.1. The van der Waals surface area contributed by atoms with Gasteiger partial charge in [-0.05, 0) is 71.4 Å². The van der Waals surface area contributed by atoms with Crippen LogP contribution in [0, 0.1) is 0 Å². The van der Waals surface area contributed by atoms with Crippen molar-refractivity contribution in [2.75, 3.05) is 0 Å². The van der Waals surface area contributed by atoms with Crippen LogP contribution in [0.2, 0.25) is 0 Å². The smallest absolute Gasteiger partial charge is 0.160 e. The Morgan fingerprint density at radius 1 is 0.280 bits per heavy atom. The Bertz CT molecular complexity index is 2810. The molecule has 2 nitrogen and oxygen atoms in total. The molecular formula is C48H30N2. The largest absolute Gasteiger partial charge is 0.228 e. The van der Waals surface area contributed by atoms with Crippen molar-refractivity contribution in [3.63, 3.8) is 0 Å². The molecular weight excluding hydrogens is 605 g/mol. The molecule has 0 atom stereocenters. The summed E-state index contributed by atoms with van der Waals surface area (Å²) in [7, 11) is 0. The molecule has 50 heavy (non-hydrogen) atoms. The van der Waals surface area contributed by atoms with E-state index >= 15 is 0 Å². The van der Waals surface area contributed by atoms with Crippen LogP contribution >= 0.6 is 0 Å². The van der Waals surface area contributed by atoms with Crippen LogP contribution in [0.1, 0.15) is 0 Å². The van der Waals surface area contributed by atoms with Gasteiger partial charge < -0.3 is 0 Å². The number of benzene rings is 9. The summed E-state index contributed by atoms with van der Waals surface area (Å²) in [5.74, 6) is 0.720. The third-order valence-corrected chi connectivity index (χ3v) is 10.1. The molecule has 1 heterocycles. The van der Waals surface area contributed by atoms with Gasteiger partial charge in [-0.3, -0.25) is 0 Å². The summed E-state index contributed by atoms with van der Waals surface area (Å²) < 4.78 is 0.